The van der Waals surface area contributed by atoms with E-state index in [0.29, 0.717) is 22.8 Å². The van der Waals surface area contributed by atoms with E-state index in [2.05, 4.69) is 20.3 Å². The number of fused-ring (bicyclic) bond motifs is 1. The molecule has 0 aliphatic heterocycles. The van der Waals surface area contributed by atoms with Gasteiger partial charge in [-0.05, 0) is 18.2 Å². The fourth-order valence-corrected chi connectivity index (χ4v) is 2.62. The molecule has 6 nitrogen and oxygen atoms in total. The molecule has 0 radical (unpaired) electrons. The zero-order chi connectivity index (χ0) is 16.4. The number of oxazole rings is 1. The highest BCUT2D eigenvalue weighted by molar-refractivity contribution is 5.85. The number of nitrogens with zero attached hydrogens (tertiary/aromatic N) is 3. The highest BCUT2D eigenvalue weighted by atomic mass is 16.3. The average molecular weight is 318 g/mol. The summed E-state index contributed by atoms with van der Waals surface area (Å²) in [5.41, 5.74) is 1.16. The van der Waals surface area contributed by atoms with Crippen molar-refractivity contribution in [3.8, 4) is 5.75 Å². The Morgan fingerprint density at radius 2 is 1.83 bits per heavy atom. The Kier molecular flexibility index (Phi) is 3.55. The molecule has 1 aromatic carbocycles. The Labute approximate surface area is 137 Å². The lowest BCUT2D eigenvalue weighted by Gasteiger charge is -2.18. The first-order valence-electron chi connectivity index (χ1n) is 7.46. The van der Waals surface area contributed by atoms with Crippen molar-refractivity contribution >= 4 is 16.7 Å². The van der Waals surface area contributed by atoms with E-state index < -0.39 is 6.04 Å². The number of pyridine rings is 2. The van der Waals surface area contributed by atoms with E-state index in [-0.39, 0.29) is 5.75 Å². The van der Waals surface area contributed by atoms with Gasteiger partial charge < -0.3 is 14.8 Å². The molecule has 1 atom stereocenters. The molecule has 4 rings (SSSR count). The van der Waals surface area contributed by atoms with Gasteiger partial charge in [0.15, 0.2) is 0 Å². The maximum absolute atomic E-state index is 10.7. The van der Waals surface area contributed by atoms with Crippen LogP contribution in [0.25, 0.3) is 10.9 Å². The number of rotatable bonds is 4. The molecule has 0 aliphatic rings. The van der Waals surface area contributed by atoms with Crippen LogP contribution in [0.5, 0.6) is 5.75 Å². The summed E-state index contributed by atoms with van der Waals surface area (Å²) in [5, 5.41) is 14.8. The van der Waals surface area contributed by atoms with Crippen LogP contribution in [0, 0.1) is 0 Å². The van der Waals surface area contributed by atoms with Crippen LogP contribution in [0.1, 0.15) is 17.5 Å². The summed E-state index contributed by atoms with van der Waals surface area (Å²) in [4.78, 5) is 12.8. The number of nitrogens with one attached hydrogen (secondary N) is 1. The molecule has 4 aromatic rings. The second kappa shape index (κ2) is 6.00. The first-order valence-corrected chi connectivity index (χ1v) is 7.46. The van der Waals surface area contributed by atoms with Crippen molar-refractivity contribution in [2.75, 3.05) is 5.32 Å². The summed E-state index contributed by atoms with van der Waals surface area (Å²) in [6, 6.07) is 12.6. The molecule has 3 heterocycles. The summed E-state index contributed by atoms with van der Waals surface area (Å²) < 4.78 is 5.46. The summed E-state index contributed by atoms with van der Waals surface area (Å²) >= 11 is 0. The lowest BCUT2D eigenvalue weighted by atomic mass is 10.0. The molecule has 0 saturated heterocycles. The minimum Gasteiger partial charge on any atom is -0.505 e. The van der Waals surface area contributed by atoms with Crippen LogP contribution in [0.3, 0.4) is 0 Å². The van der Waals surface area contributed by atoms with Crippen molar-refractivity contribution in [2.45, 2.75) is 6.04 Å². The first kappa shape index (κ1) is 14.2. The van der Waals surface area contributed by atoms with Crippen molar-refractivity contribution < 1.29 is 9.52 Å². The molecule has 6 heteroatoms. The number of aromatic nitrogens is 3. The molecule has 3 aromatic heterocycles. The summed E-state index contributed by atoms with van der Waals surface area (Å²) in [6.45, 7) is 0. The van der Waals surface area contributed by atoms with Crippen LogP contribution in [-0.4, -0.2) is 20.1 Å². The van der Waals surface area contributed by atoms with Gasteiger partial charge in [-0.2, -0.15) is 0 Å². The second-order valence-corrected chi connectivity index (χ2v) is 5.24. The monoisotopic (exact) mass is 318 g/mol. The van der Waals surface area contributed by atoms with Crippen LogP contribution in [0.2, 0.25) is 0 Å². The number of hydrogen-bond donors (Lipinski definition) is 2. The minimum atomic E-state index is -0.485. The van der Waals surface area contributed by atoms with Crippen molar-refractivity contribution in [1.29, 1.82) is 0 Å². The first-order chi connectivity index (χ1) is 11.8. The standard InChI is InChI=1S/C18H14N4O2/c23-17-13(7-6-12-4-3-9-20-15(12)17)16(18-21-10-11-24-18)22-14-5-1-2-8-19-14/h1-11,16,23H,(H,19,22). The van der Waals surface area contributed by atoms with Crippen LogP contribution >= 0.6 is 0 Å². The van der Waals surface area contributed by atoms with Gasteiger partial charge in [0.2, 0.25) is 5.89 Å². The predicted molar refractivity (Wildman–Crippen MR) is 89.6 cm³/mol. The summed E-state index contributed by atoms with van der Waals surface area (Å²) in [6.07, 6.45) is 6.41. The van der Waals surface area contributed by atoms with E-state index in [1.54, 1.807) is 18.6 Å². The molecule has 0 saturated carbocycles. The normalized spacial score (nSPS) is 12.2. The van der Waals surface area contributed by atoms with Crippen LogP contribution < -0.4 is 5.32 Å². The number of hydrogen-bond acceptors (Lipinski definition) is 6. The van der Waals surface area contributed by atoms with Gasteiger partial charge in [0.05, 0.1) is 6.20 Å². The number of phenols is 1. The van der Waals surface area contributed by atoms with E-state index in [9.17, 15) is 5.11 Å². The smallest absolute Gasteiger partial charge is 0.221 e. The summed E-state index contributed by atoms with van der Waals surface area (Å²) in [5.74, 6) is 1.19. The van der Waals surface area contributed by atoms with Crippen molar-refractivity contribution in [3.05, 3.63) is 78.8 Å². The van der Waals surface area contributed by atoms with Gasteiger partial charge in [0, 0.05) is 23.3 Å². The van der Waals surface area contributed by atoms with Crippen LogP contribution in [0.15, 0.2) is 71.7 Å². The topological polar surface area (TPSA) is 84.1 Å². The maximum atomic E-state index is 10.7. The molecule has 0 amide bonds. The van der Waals surface area contributed by atoms with E-state index >= 15 is 0 Å². The SMILES string of the molecule is Oc1c(C(Nc2ccccn2)c2ncco2)ccc2cccnc12. The van der Waals surface area contributed by atoms with Gasteiger partial charge in [-0.3, -0.25) is 4.98 Å². The molecule has 24 heavy (non-hydrogen) atoms. The Hall–Kier alpha value is -3.41. The highest BCUT2D eigenvalue weighted by Crippen LogP contribution is 2.35. The Morgan fingerprint density at radius 1 is 0.917 bits per heavy atom. The molecule has 0 aliphatic carbocycles. The molecule has 0 bridgehead atoms. The van der Waals surface area contributed by atoms with Gasteiger partial charge in [-0.25, -0.2) is 9.97 Å². The van der Waals surface area contributed by atoms with E-state index in [1.165, 1.54) is 6.26 Å². The van der Waals surface area contributed by atoms with Crippen LogP contribution in [0.4, 0.5) is 5.82 Å². The molecule has 1 unspecified atom stereocenters. The molecule has 0 fully saturated rings. The van der Waals surface area contributed by atoms with E-state index in [0.717, 1.165) is 5.39 Å². The van der Waals surface area contributed by atoms with Gasteiger partial charge >= 0.3 is 0 Å². The third-order valence-electron chi connectivity index (χ3n) is 3.75. The van der Waals surface area contributed by atoms with Gasteiger partial charge in [-0.1, -0.05) is 24.3 Å². The zero-order valence-corrected chi connectivity index (χ0v) is 12.6. The van der Waals surface area contributed by atoms with Gasteiger partial charge in [0.25, 0.3) is 0 Å². The van der Waals surface area contributed by atoms with Crippen molar-refractivity contribution in [1.82, 2.24) is 15.0 Å². The average Bonchev–Trinajstić information content (AvgIpc) is 3.16. The molecule has 118 valence electrons. The number of phenolic OH excluding ortho intramolecular Hbond substituents is 1. The molecule has 0 spiro atoms. The Morgan fingerprint density at radius 3 is 2.62 bits per heavy atom. The number of anilines is 1. The Bertz CT molecular complexity index is 955. The van der Waals surface area contributed by atoms with E-state index in [4.69, 9.17) is 4.42 Å². The second-order valence-electron chi connectivity index (χ2n) is 5.24. The van der Waals surface area contributed by atoms with Gasteiger partial charge in [-0.15, -0.1) is 0 Å². The predicted octanol–water partition coefficient (Wildman–Crippen LogP) is 3.52. The fourth-order valence-electron chi connectivity index (χ4n) is 2.62. The summed E-state index contributed by atoms with van der Waals surface area (Å²) in [7, 11) is 0. The maximum Gasteiger partial charge on any atom is 0.221 e. The highest BCUT2D eigenvalue weighted by Gasteiger charge is 2.23. The molecular weight excluding hydrogens is 304 g/mol. The minimum absolute atomic E-state index is 0.0970. The number of benzene rings is 1. The third-order valence-corrected chi connectivity index (χ3v) is 3.75. The molecule has 2 N–H and O–H groups in total. The largest absolute Gasteiger partial charge is 0.505 e. The van der Waals surface area contributed by atoms with Crippen LogP contribution in [-0.2, 0) is 0 Å². The third kappa shape index (κ3) is 2.54. The molecular formula is C18H14N4O2. The van der Waals surface area contributed by atoms with Crippen molar-refractivity contribution in [2.24, 2.45) is 0 Å². The van der Waals surface area contributed by atoms with Gasteiger partial charge in [0.1, 0.15) is 29.4 Å². The quantitative estimate of drug-likeness (QED) is 0.599. The zero-order valence-electron chi connectivity index (χ0n) is 12.6. The lowest BCUT2D eigenvalue weighted by Crippen LogP contribution is -2.14. The van der Waals surface area contributed by atoms with E-state index in [1.807, 2.05) is 42.5 Å². The lowest BCUT2D eigenvalue weighted by molar-refractivity contribution is 0.452. The Balaban J connectivity index is 1.83. The fraction of sp³-hybridized carbons (Fsp3) is 0.0556. The van der Waals surface area contributed by atoms with Crippen molar-refractivity contribution in [3.63, 3.8) is 0 Å². The number of aromatic hydroxyl groups is 1.